The lowest BCUT2D eigenvalue weighted by Gasteiger charge is -2.21. The Morgan fingerprint density at radius 2 is 2.00 bits per heavy atom. The molecule has 0 spiro atoms. The van der Waals surface area contributed by atoms with Crippen LogP contribution in [0.3, 0.4) is 0 Å². The summed E-state index contributed by atoms with van der Waals surface area (Å²) >= 11 is 0. The first-order valence-corrected chi connectivity index (χ1v) is 6.68. The normalized spacial score (nSPS) is 11.9. The zero-order valence-corrected chi connectivity index (χ0v) is 11.5. The van der Waals surface area contributed by atoms with Crippen LogP contribution in [-0.2, 0) is 0 Å². The third kappa shape index (κ3) is 3.48. The van der Waals surface area contributed by atoms with E-state index in [0.717, 1.165) is 11.3 Å². The fourth-order valence-corrected chi connectivity index (χ4v) is 2.10. The number of hydrogen-bond donors (Lipinski definition) is 2. The van der Waals surface area contributed by atoms with Gasteiger partial charge in [0, 0.05) is 17.8 Å². The van der Waals surface area contributed by atoms with E-state index in [2.05, 4.69) is 5.32 Å². The summed E-state index contributed by atoms with van der Waals surface area (Å²) in [6, 6.07) is 14.0. The van der Waals surface area contributed by atoms with Crippen molar-refractivity contribution >= 4 is 5.69 Å². The molecular formula is C16H19FN2O. The molecule has 0 amide bonds. The second-order valence-electron chi connectivity index (χ2n) is 4.41. The molecule has 2 aromatic carbocycles. The van der Waals surface area contributed by atoms with Crippen LogP contribution in [0.4, 0.5) is 10.1 Å². The zero-order chi connectivity index (χ0) is 14.4. The van der Waals surface area contributed by atoms with Crippen molar-refractivity contribution in [3.63, 3.8) is 0 Å². The SMILES string of the molecule is CCOc1ccccc1C(CN)Nc1cccc(F)c1. The van der Waals surface area contributed by atoms with Gasteiger partial charge in [0.15, 0.2) is 0 Å². The lowest BCUT2D eigenvalue weighted by Crippen LogP contribution is -2.21. The van der Waals surface area contributed by atoms with Crippen LogP contribution in [-0.4, -0.2) is 13.2 Å². The predicted octanol–water partition coefficient (Wildman–Crippen LogP) is 3.34. The molecule has 3 N–H and O–H groups in total. The Labute approximate surface area is 118 Å². The summed E-state index contributed by atoms with van der Waals surface area (Å²) in [5.41, 5.74) is 7.52. The Kier molecular flexibility index (Phi) is 4.96. The maximum absolute atomic E-state index is 13.2. The molecule has 0 fully saturated rings. The van der Waals surface area contributed by atoms with Gasteiger partial charge < -0.3 is 15.8 Å². The Morgan fingerprint density at radius 1 is 1.20 bits per heavy atom. The smallest absolute Gasteiger partial charge is 0.125 e. The molecule has 0 aromatic heterocycles. The standard InChI is InChI=1S/C16H19FN2O/c1-2-20-16-9-4-3-8-14(16)15(11-18)19-13-7-5-6-12(17)10-13/h3-10,15,19H,2,11,18H2,1H3. The van der Waals surface area contributed by atoms with E-state index in [9.17, 15) is 4.39 Å². The molecule has 2 aromatic rings. The van der Waals surface area contributed by atoms with Crippen LogP contribution in [0.15, 0.2) is 48.5 Å². The molecule has 0 aliphatic carbocycles. The summed E-state index contributed by atoms with van der Waals surface area (Å²) in [6.07, 6.45) is 0. The number of halogens is 1. The van der Waals surface area contributed by atoms with E-state index in [4.69, 9.17) is 10.5 Å². The van der Waals surface area contributed by atoms with Gasteiger partial charge in [-0.15, -0.1) is 0 Å². The van der Waals surface area contributed by atoms with Crippen molar-refractivity contribution in [1.82, 2.24) is 0 Å². The van der Waals surface area contributed by atoms with Crippen molar-refractivity contribution in [3.8, 4) is 5.75 Å². The molecule has 2 rings (SSSR count). The monoisotopic (exact) mass is 274 g/mol. The van der Waals surface area contributed by atoms with Crippen molar-refractivity contribution < 1.29 is 9.13 Å². The van der Waals surface area contributed by atoms with Crippen LogP contribution in [0.5, 0.6) is 5.75 Å². The molecule has 0 aliphatic heterocycles. The second kappa shape index (κ2) is 6.91. The molecule has 4 heteroatoms. The van der Waals surface area contributed by atoms with E-state index in [1.165, 1.54) is 12.1 Å². The Hall–Kier alpha value is -2.07. The van der Waals surface area contributed by atoms with E-state index in [1.54, 1.807) is 6.07 Å². The summed E-state index contributed by atoms with van der Waals surface area (Å²) in [7, 11) is 0. The Morgan fingerprint density at radius 3 is 2.70 bits per heavy atom. The van der Waals surface area contributed by atoms with Gasteiger partial charge in [-0.2, -0.15) is 0 Å². The van der Waals surface area contributed by atoms with Crippen LogP contribution in [0.25, 0.3) is 0 Å². The molecule has 1 atom stereocenters. The van der Waals surface area contributed by atoms with Crippen molar-refractivity contribution in [1.29, 1.82) is 0 Å². The molecule has 0 saturated carbocycles. The summed E-state index contributed by atoms with van der Waals surface area (Å²) in [6.45, 7) is 2.92. The van der Waals surface area contributed by atoms with Gasteiger partial charge in [0.05, 0.1) is 12.6 Å². The number of ether oxygens (including phenoxy) is 1. The first-order valence-electron chi connectivity index (χ1n) is 6.68. The van der Waals surface area contributed by atoms with Gasteiger partial charge in [0.25, 0.3) is 0 Å². The molecule has 1 unspecified atom stereocenters. The van der Waals surface area contributed by atoms with E-state index < -0.39 is 0 Å². The first kappa shape index (κ1) is 14.3. The predicted molar refractivity (Wildman–Crippen MR) is 79.4 cm³/mol. The quantitative estimate of drug-likeness (QED) is 0.849. The maximum Gasteiger partial charge on any atom is 0.125 e. The lowest BCUT2D eigenvalue weighted by atomic mass is 10.1. The van der Waals surface area contributed by atoms with Gasteiger partial charge in [-0.25, -0.2) is 4.39 Å². The minimum Gasteiger partial charge on any atom is -0.494 e. The number of anilines is 1. The minimum absolute atomic E-state index is 0.125. The topological polar surface area (TPSA) is 47.3 Å². The average Bonchev–Trinajstić information content (AvgIpc) is 2.46. The van der Waals surface area contributed by atoms with Crippen molar-refractivity contribution in [2.45, 2.75) is 13.0 Å². The first-order chi connectivity index (χ1) is 9.74. The van der Waals surface area contributed by atoms with Gasteiger partial charge in [-0.1, -0.05) is 24.3 Å². The van der Waals surface area contributed by atoms with Gasteiger partial charge in [0.2, 0.25) is 0 Å². The number of nitrogens with two attached hydrogens (primary N) is 1. The average molecular weight is 274 g/mol. The molecule has 20 heavy (non-hydrogen) atoms. The molecule has 106 valence electrons. The second-order valence-corrected chi connectivity index (χ2v) is 4.41. The summed E-state index contributed by atoms with van der Waals surface area (Å²) < 4.78 is 18.8. The van der Waals surface area contributed by atoms with Crippen LogP contribution in [0.1, 0.15) is 18.5 Å². The summed E-state index contributed by atoms with van der Waals surface area (Å²) in [5, 5.41) is 3.24. The molecule has 0 saturated heterocycles. The highest BCUT2D eigenvalue weighted by atomic mass is 19.1. The van der Waals surface area contributed by atoms with Crippen molar-refractivity contribution in [2.75, 3.05) is 18.5 Å². The van der Waals surface area contributed by atoms with Gasteiger partial charge in [-0.05, 0) is 31.2 Å². The number of benzene rings is 2. The highest BCUT2D eigenvalue weighted by molar-refractivity contribution is 5.48. The molecule has 3 nitrogen and oxygen atoms in total. The number of rotatable bonds is 6. The Balaban J connectivity index is 2.24. The number of nitrogens with one attached hydrogen (secondary N) is 1. The van der Waals surface area contributed by atoms with E-state index in [0.29, 0.717) is 18.8 Å². The van der Waals surface area contributed by atoms with E-state index in [-0.39, 0.29) is 11.9 Å². The molecule has 0 heterocycles. The lowest BCUT2D eigenvalue weighted by molar-refractivity contribution is 0.335. The highest BCUT2D eigenvalue weighted by Gasteiger charge is 2.14. The van der Waals surface area contributed by atoms with Gasteiger partial charge >= 0.3 is 0 Å². The number of hydrogen-bond acceptors (Lipinski definition) is 3. The van der Waals surface area contributed by atoms with E-state index >= 15 is 0 Å². The minimum atomic E-state index is -0.274. The van der Waals surface area contributed by atoms with Crippen LogP contribution in [0.2, 0.25) is 0 Å². The third-order valence-corrected chi connectivity index (χ3v) is 3.00. The molecule has 0 radical (unpaired) electrons. The largest absolute Gasteiger partial charge is 0.494 e. The van der Waals surface area contributed by atoms with Gasteiger partial charge in [0.1, 0.15) is 11.6 Å². The third-order valence-electron chi connectivity index (χ3n) is 3.00. The highest BCUT2D eigenvalue weighted by Crippen LogP contribution is 2.27. The van der Waals surface area contributed by atoms with Gasteiger partial charge in [-0.3, -0.25) is 0 Å². The summed E-state index contributed by atoms with van der Waals surface area (Å²) in [5.74, 6) is 0.526. The van der Waals surface area contributed by atoms with E-state index in [1.807, 2.05) is 37.3 Å². The van der Waals surface area contributed by atoms with Crippen molar-refractivity contribution in [2.24, 2.45) is 5.73 Å². The molecule has 0 bridgehead atoms. The van der Waals surface area contributed by atoms with Crippen LogP contribution < -0.4 is 15.8 Å². The molecular weight excluding hydrogens is 255 g/mol. The fourth-order valence-electron chi connectivity index (χ4n) is 2.10. The molecule has 0 aliphatic rings. The maximum atomic E-state index is 13.2. The summed E-state index contributed by atoms with van der Waals surface area (Å²) in [4.78, 5) is 0. The zero-order valence-electron chi connectivity index (χ0n) is 11.5. The van der Waals surface area contributed by atoms with Crippen molar-refractivity contribution in [3.05, 3.63) is 59.9 Å². The van der Waals surface area contributed by atoms with Crippen LogP contribution >= 0.6 is 0 Å². The number of para-hydroxylation sites is 1. The Bertz CT molecular complexity index is 560. The fraction of sp³-hybridized carbons (Fsp3) is 0.250. The van der Waals surface area contributed by atoms with Crippen LogP contribution in [0, 0.1) is 5.82 Å².